The molecule has 0 radical (unpaired) electrons. The van der Waals surface area contributed by atoms with E-state index in [1.54, 1.807) is 0 Å². The smallest absolute Gasteiger partial charge is 0.218 e. The minimum absolute atomic E-state index is 0.361. The Morgan fingerprint density at radius 2 is 2.14 bits per heavy atom. The Bertz CT molecular complexity index is 212. The highest BCUT2D eigenvalue weighted by molar-refractivity contribution is 5.73. The standard InChI is InChI=1S/C7H14N2O5/c1-3(11)8-7-6(13)5(12)4(2-10)14-9-7/h4-7,9-10,12-13H,2H2,1H3,(H,8,11)/t4-,5+,6+,7+/m1/s1. The summed E-state index contributed by atoms with van der Waals surface area (Å²) in [6.45, 7) is 0.858. The fourth-order valence-electron chi connectivity index (χ4n) is 1.20. The van der Waals surface area contributed by atoms with E-state index in [0.29, 0.717) is 0 Å². The summed E-state index contributed by atoms with van der Waals surface area (Å²) >= 11 is 0. The molecule has 1 aliphatic heterocycles. The Hall–Kier alpha value is -0.730. The zero-order valence-corrected chi connectivity index (χ0v) is 7.67. The predicted molar refractivity (Wildman–Crippen MR) is 44.7 cm³/mol. The minimum Gasteiger partial charge on any atom is -0.393 e. The fourth-order valence-corrected chi connectivity index (χ4v) is 1.20. The molecule has 0 spiro atoms. The van der Waals surface area contributed by atoms with Crippen molar-refractivity contribution in [3.8, 4) is 0 Å². The fraction of sp³-hybridized carbons (Fsp3) is 0.857. The van der Waals surface area contributed by atoms with Gasteiger partial charge < -0.3 is 20.6 Å². The second-order valence-electron chi connectivity index (χ2n) is 3.12. The third kappa shape index (κ3) is 2.40. The van der Waals surface area contributed by atoms with Crippen LogP contribution in [-0.2, 0) is 9.63 Å². The average Bonchev–Trinajstić information content (AvgIpc) is 2.13. The zero-order chi connectivity index (χ0) is 10.7. The average molecular weight is 206 g/mol. The van der Waals surface area contributed by atoms with E-state index in [2.05, 4.69) is 10.8 Å². The van der Waals surface area contributed by atoms with Crippen LogP contribution in [0, 0.1) is 0 Å². The molecule has 0 unspecified atom stereocenters. The van der Waals surface area contributed by atoms with Gasteiger partial charge in [0, 0.05) is 6.92 Å². The quantitative estimate of drug-likeness (QED) is 0.331. The molecule has 1 amide bonds. The van der Waals surface area contributed by atoms with Crippen LogP contribution in [0.15, 0.2) is 0 Å². The molecule has 0 saturated carbocycles. The second kappa shape index (κ2) is 4.67. The number of nitrogens with one attached hydrogen (secondary N) is 2. The Morgan fingerprint density at radius 3 is 2.64 bits per heavy atom. The lowest BCUT2D eigenvalue weighted by Gasteiger charge is -2.37. The molecule has 82 valence electrons. The summed E-state index contributed by atoms with van der Waals surface area (Å²) in [7, 11) is 0. The van der Waals surface area contributed by atoms with Gasteiger partial charge in [0.15, 0.2) is 0 Å². The molecular formula is C7H14N2O5. The molecule has 0 aromatic heterocycles. The molecule has 4 atom stereocenters. The Morgan fingerprint density at radius 1 is 1.50 bits per heavy atom. The van der Waals surface area contributed by atoms with Crippen molar-refractivity contribution in [3.05, 3.63) is 0 Å². The van der Waals surface area contributed by atoms with E-state index in [4.69, 9.17) is 9.94 Å². The van der Waals surface area contributed by atoms with Crippen molar-refractivity contribution in [1.29, 1.82) is 0 Å². The maximum absolute atomic E-state index is 10.7. The largest absolute Gasteiger partial charge is 0.393 e. The third-order valence-corrected chi connectivity index (χ3v) is 1.96. The highest BCUT2D eigenvalue weighted by Crippen LogP contribution is 2.11. The monoisotopic (exact) mass is 206 g/mol. The molecule has 0 aromatic carbocycles. The topological polar surface area (TPSA) is 111 Å². The molecule has 1 fully saturated rings. The van der Waals surface area contributed by atoms with Crippen molar-refractivity contribution in [2.75, 3.05) is 6.61 Å². The van der Waals surface area contributed by atoms with Gasteiger partial charge in [-0.1, -0.05) is 0 Å². The summed E-state index contributed by atoms with van der Waals surface area (Å²) < 4.78 is 0. The van der Waals surface area contributed by atoms with Crippen molar-refractivity contribution in [2.24, 2.45) is 0 Å². The van der Waals surface area contributed by atoms with Crippen molar-refractivity contribution in [3.63, 3.8) is 0 Å². The third-order valence-electron chi connectivity index (χ3n) is 1.96. The van der Waals surface area contributed by atoms with Crippen LogP contribution < -0.4 is 10.8 Å². The van der Waals surface area contributed by atoms with E-state index >= 15 is 0 Å². The van der Waals surface area contributed by atoms with Gasteiger partial charge in [-0.2, -0.15) is 5.48 Å². The number of amides is 1. The molecule has 0 aliphatic carbocycles. The zero-order valence-electron chi connectivity index (χ0n) is 7.67. The van der Waals surface area contributed by atoms with Crippen molar-refractivity contribution < 1.29 is 25.0 Å². The molecule has 7 nitrogen and oxygen atoms in total. The van der Waals surface area contributed by atoms with Gasteiger partial charge in [0.1, 0.15) is 24.5 Å². The number of rotatable bonds is 2. The molecule has 1 heterocycles. The molecule has 1 rings (SSSR count). The summed E-state index contributed by atoms with van der Waals surface area (Å²) in [5.74, 6) is -0.361. The van der Waals surface area contributed by atoms with Crippen molar-refractivity contribution in [1.82, 2.24) is 10.8 Å². The molecule has 0 bridgehead atoms. The van der Waals surface area contributed by atoms with Crippen LogP contribution in [0.25, 0.3) is 0 Å². The predicted octanol–water partition coefficient (Wildman–Crippen LogP) is -2.93. The first kappa shape index (κ1) is 11.3. The first-order chi connectivity index (χ1) is 6.56. The molecular weight excluding hydrogens is 192 g/mol. The maximum atomic E-state index is 10.7. The lowest BCUT2D eigenvalue weighted by atomic mass is 10.0. The summed E-state index contributed by atoms with van der Waals surface area (Å²) in [6, 6.07) is 0. The SMILES string of the molecule is CC(=O)N[C@H]1NO[C@H](CO)[C@H](O)[C@@H]1O. The minimum atomic E-state index is -1.24. The van der Waals surface area contributed by atoms with E-state index < -0.39 is 31.1 Å². The van der Waals surface area contributed by atoms with E-state index in [1.165, 1.54) is 6.92 Å². The normalized spacial score (nSPS) is 38.0. The maximum Gasteiger partial charge on any atom is 0.218 e. The summed E-state index contributed by atoms with van der Waals surface area (Å²) in [6.07, 6.45) is -4.22. The highest BCUT2D eigenvalue weighted by atomic mass is 16.7. The van der Waals surface area contributed by atoms with Crippen LogP contribution in [0.4, 0.5) is 0 Å². The second-order valence-corrected chi connectivity index (χ2v) is 3.12. The summed E-state index contributed by atoms with van der Waals surface area (Å²) in [5, 5.41) is 29.9. The van der Waals surface area contributed by atoms with Crippen LogP contribution in [0.5, 0.6) is 0 Å². The number of hydrogen-bond donors (Lipinski definition) is 5. The van der Waals surface area contributed by atoms with Gasteiger partial charge >= 0.3 is 0 Å². The molecule has 5 N–H and O–H groups in total. The van der Waals surface area contributed by atoms with Gasteiger partial charge in [0.2, 0.25) is 5.91 Å². The van der Waals surface area contributed by atoms with Gasteiger partial charge in [-0.05, 0) is 0 Å². The molecule has 7 heteroatoms. The number of hydroxylamine groups is 1. The van der Waals surface area contributed by atoms with Gasteiger partial charge in [-0.3, -0.25) is 9.63 Å². The van der Waals surface area contributed by atoms with Gasteiger partial charge in [0.05, 0.1) is 6.61 Å². The van der Waals surface area contributed by atoms with Crippen LogP contribution in [0.1, 0.15) is 6.92 Å². The highest BCUT2D eigenvalue weighted by Gasteiger charge is 2.38. The number of carbonyl (C=O) groups is 1. The van der Waals surface area contributed by atoms with E-state index in [1.807, 2.05) is 0 Å². The van der Waals surface area contributed by atoms with Crippen molar-refractivity contribution in [2.45, 2.75) is 31.4 Å². The Balaban J connectivity index is 2.54. The lowest BCUT2D eigenvalue weighted by molar-refractivity contribution is -0.207. The summed E-state index contributed by atoms with van der Waals surface area (Å²) in [4.78, 5) is 15.5. The van der Waals surface area contributed by atoms with E-state index in [0.717, 1.165) is 0 Å². The molecule has 14 heavy (non-hydrogen) atoms. The van der Waals surface area contributed by atoms with Gasteiger partial charge in [0.25, 0.3) is 0 Å². The molecule has 1 aliphatic rings. The van der Waals surface area contributed by atoms with E-state index in [9.17, 15) is 15.0 Å². The lowest BCUT2D eigenvalue weighted by Crippen LogP contribution is -2.64. The van der Waals surface area contributed by atoms with Crippen LogP contribution in [-0.4, -0.2) is 52.3 Å². The number of aliphatic hydroxyl groups is 3. The molecule has 0 aromatic rings. The van der Waals surface area contributed by atoms with Crippen LogP contribution >= 0.6 is 0 Å². The number of aliphatic hydroxyl groups excluding tert-OH is 3. The van der Waals surface area contributed by atoms with Gasteiger partial charge in [-0.25, -0.2) is 0 Å². The molecule has 1 saturated heterocycles. The van der Waals surface area contributed by atoms with Crippen molar-refractivity contribution >= 4 is 5.91 Å². The number of hydrogen-bond acceptors (Lipinski definition) is 6. The van der Waals surface area contributed by atoms with Crippen LogP contribution in [0.2, 0.25) is 0 Å². The van der Waals surface area contributed by atoms with Gasteiger partial charge in [-0.15, -0.1) is 0 Å². The Kier molecular flexibility index (Phi) is 3.78. The first-order valence-electron chi connectivity index (χ1n) is 4.21. The number of carbonyl (C=O) groups excluding carboxylic acids is 1. The summed E-state index contributed by atoms with van der Waals surface area (Å²) in [5.41, 5.74) is 2.33. The Labute approximate surface area is 80.6 Å². The van der Waals surface area contributed by atoms with Crippen LogP contribution in [0.3, 0.4) is 0 Å². The first-order valence-corrected chi connectivity index (χ1v) is 4.21. The van der Waals surface area contributed by atoms with E-state index in [-0.39, 0.29) is 5.91 Å².